The molecule has 2 heterocycles. The van der Waals surface area contributed by atoms with Crippen LogP contribution in [-0.4, -0.2) is 40.7 Å². The first-order chi connectivity index (χ1) is 12.8. The fourth-order valence-electron chi connectivity index (χ4n) is 4.38. The number of hydrogen-bond acceptors (Lipinski definition) is 5. The van der Waals surface area contributed by atoms with E-state index >= 15 is 0 Å². The number of imide groups is 1. The van der Waals surface area contributed by atoms with E-state index in [0.29, 0.717) is 31.1 Å². The molecule has 27 heavy (non-hydrogen) atoms. The van der Waals surface area contributed by atoms with Crippen LogP contribution in [0.4, 0.5) is 0 Å². The maximum absolute atomic E-state index is 13.1. The normalized spacial score (nSPS) is 29.4. The fraction of sp³-hybridized carbons (Fsp3) is 0.550. The quantitative estimate of drug-likeness (QED) is 0.676. The summed E-state index contributed by atoms with van der Waals surface area (Å²) in [7, 11) is 0. The Labute approximate surface area is 158 Å². The molecule has 3 amide bonds. The highest BCUT2D eigenvalue weighted by Gasteiger charge is 2.46. The molecule has 3 aliphatic rings. The second-order valence-corrected chi connectivity index (χ2v) is 8.45. The van der Waals surface area contributed by atoms with Crippen molar-refractivity contribution in [1.82, 2.24) is 15.5 Å². The van der Waals surface area contributed by atoms with Crippen LogP contribution in [0, 0.1) is 5.41 Å². The van der Waals surface area contributed by atoms with Crippen LogP contribution in [0.1, 0.15) is 54.6 Å². The molecule has 144 valence electrons. The number of nitrogens with zero attached hydrogens (tertiary/aromatic N) is 1. The summed E-state index contributed by atoms with van der Waals surface area (Å²) in [6, 6.07) is 5.79. The van der Waals surface area contributed by atoms with Crippen LogP contribution in [0.5, 0.6) is 0 Å². The first kappa shape index (κ1) is 18.1. The summed E-state index contributed by atoms with van der Waals surface area (Å²) >= 11 is 0. The van der Waals surface area contributed by atoms with Crippen molar-refractivity contribution >= 4 is 17.7 Å². The largest absolute Gasteiger partial charge is 0.327 e. The molecule has 0 bridgehead atoms. The number of fused-ring (bicyclic) bond motifs is 1. The minimum Gasteiger partial charge on any atom is -0.327 e. The number of rotatable bonds is 4. The molecule has 2 fully saturated rings. The number of hydrogen-bond donors (Lipinski definition) is 3. The second kappa shape index (κ2) is 6.42. The van der Waals surface area contributed by atoms with Crippen molar-refractivity contribution in [3.63, 3.8) is 0 Å². The first-order valence-corrected chi connectivity index (χ1v) is 9.53. The van der Waals surface area contributed by atoms with Gasteiger partial charge in [-0.2, -0.15) is 0 Å². The van der Waals surface area contributed by atoms with E-state index in [0.717, 1.165) is 17.5 Å². The van der Waals surface area contributed by atoms with Gasteiger partial charge in [0.15, 0.2) is 0 Å². The van der Waals surface area contributed by atoms with E-state index in [4.69, 9.17) is 5.73 Å². The molecule has 0 spiro atoms. The molecule has 4 rings (SSSR count). The lowest BCUT2D eigenvalue weighted by Crippen LogP contribution is -2.63. The average molecular weight is 370 g/mol. The topological polar surface area (TPSA) is 105 Å². The smallest absolute Gasteiger partial charge is 0.255 e. The molecule has 1 saturated heterocycles. The molecule has 0 aromatic heterocycles. The van der Waals surface area contributed by atoms with Gasteiger partial charge in [-0.3, -0.25) is 19.7 Å². The molecular formula is C20H26N4O3. The van der Waals surface area contributed by atoms with Crippen molar-refractivity contribution in [2.75, 3.05) is 0 Å². The van der Waals surface area contributed by atoms with Gasteiger partial charge in [0.05, 0.1) is 0 Å². The molecule has 7 heteroatoms. The number of nitrogens with two attached hydrogens (primary N) is 1. The van der Waals surface area contributed by atoms with Crippen LogP contribution >= 0.6 is 0 Å². The zero-order chi connectivity index (χ0) is 19.3. The lowest BCUT2D eigenvalue weighted by molar-refractivity contribution is -0.136. The van der Waals surface area contributed by atoms with Crippen molar-refractivity contribution in [3.05, 3.63) is 34.9 Å². The average Bonchev–Trinajstić information content (AvgIpc) is 2.96. The van der Waals surface area contributed by atoms with E-state index in [1.54, 1.807) is 4.90 Å². The third-order valence-corrected chi connectivity index (χ3v) is 6.52. The number of nitrogens with one attached hydrogen (secondary N) is 2. The van der Waals surface area contributed by atoms with Crippen molar-refractivity contribution in [1.29, 1.82) is 0 Å². The van der Waals surface area contributed by atoms with Gasteiger partial charge in [-0.05, 0) is 29.4 Å². The summed E-state index contributed by atoms with van der Waals surface area (Å²) in [5, 5.41) is 5.88. The minimum absolute atomic E-state index is 0.0424. The van der Waals surface area contributed by atoms with E-state index < -0.39 is 6.04 Å². The van der Waals surface area contributed by atoms with E-state index in [-0.39, 0.29) is 35.6 Å². The summed E-state index contributed by atoms with van der Waals surface area (Å²) in [5.74, 6) is -0.773. The van der Waals surface area contributed by atoms with E-state index in [1.807, 2.05) is 18.2 Å². The molecule has 4 N–H and O–H groups in total. The van der Waals surface area contributed by atoms with Gasteiger partial charge in [0.1, 0.15) is 6.04 Å². The SMILES string of the molecule is CC1(C)C(N)CC1NCc1cccc2c1C(=O)N(C1CCC(=O)NC1=O)C2. The van der Waals surface area contributed by atoms with Gasteiger partial charge in [0.25, 0.3) is 5.91 Å². The summed E-state index contributed by atoms with van der Waals surface area (Å²) in [6.07, 6.45) is 1.58. The van der Waals surface area contributed by atoms with E-state index in [1.165, 1.54) is 0 Å². The highest BCUT2D eigenvalue weighted by atomic mass is 16.2. The Bertz CT molecular complexity index is 819. The molecule has 3 unspecified atom stereocenters. The number of amides is 3. The zero-order valence-corrected chi connectivity index (χ0v) is 15.7. The Hall–Kier alpha value is -2.25. The van der Waals surface area contributed by atoms with Gasteiger partial charge in [0, 0.05) is 37.2 Å². The van der Waals surface area contributed by atoms with Crippen molar-refractivity contribution in [3.8, 4) is 0 Å². The van der Waals surface area contributed by atoms with Crippen LogP contribution in [0.15, 0.2) is 18.2 Å². The highest BCUT2D eigenvalue weighted by Crippen LogP contribution is 2.39. The van der Waals surface area contributed by atoms with Crippen LogP contribution in [0.3, 0.4) is 0 Å². The molecule has 1 aromatic rings. The summed E-state index contributed by atoms with van der Waals surface area (Å²) in [4.78, 5) is 38.2. The lowest BCUT2D eigenvalue weighted by Gasteiger charge is -2.50. The van der Waals surface area contributed by atoms with Crippen LogP contribution in [0.25, 0.3) is 0 Å². The predicted octanol–water partition coefficient (Wildman–Crippen LogP) is 0.663. The summed E-state index contributed by atoms with van der Waals surface area (Å²) in [5.41, 5.74) is 8.71. The molecular weight excluding hydrogens is 344 g/mol. The third kappa shape index (κ3) is 2.95. The molecule has 1 aromatic carbocycles. The lowest BCUT2D eigenvalue weighted by atomic mass is 9.63. The third-order valence-electron chi connectivity index (χ3n) is 6.52. The fourth-order valence-corrected chi connectivity index (χ4v) is 4.38. The molecule has 1 saturated carbocycles. The van der Waals surface area contributed by atoms with Gasteiger partial charge in [-0.25, -0.2) is 0 Å². The van der Waals surface area contributed by atoms with Crippen molar-refractivity contribution in [2.45, 2.75) is 64.3 Å². The van der Waals surface area contributed by atoms with E-state index in [9.17, 15) is 14.4 Å². The van der Waals surface area contributed by atoms with E-state index in [2.05, 4.69) is 24.5 Å². The van der Waals surface area contributed by atoms with Crippen LogP contribution < -0.4 is 16.4 Å². The first-order valence-electron chi connectivity index (χ1n) is 9.53. The second-order valence-electron chi connectivity index (χ2n) is 8.45. The Morgan fingerprint density at radius 3 is 2.74 bits per heavy atom. The molecule has 3 atom stereocenters. The van der Waals surface area contributed by atoms with Gasteiger partial charge in [0.2, 0.25) is 11.8 Å². The zero-order valence-electron chi connectivity index (χ0n) is 15.7. The summed E-state index contributed by atoms with van der Waals surface area (Å²) in [6.45, 7) is 5.32. The molecule has 1 aliphatic carbocycles. The molecule has 2 aliphatic heterocycles. The van der Waals surface area contributed by atoms with Gasteiger partial charge in [-0.15, -0.1) is 0 Å². The summed E-state index contributed by atoms with van der Waals surface area (Å²) < 4.78 is 0. The Morgan fingerprint density at radius 2 is 2.07 bits per heavy atom. The minimum atomic E-state index is -0.577. The van der Waals surface area contributed by atoms with Gasteiger partial charge >= 0.3 is 0 Å². The standard InChI is InChI=1S/C20H26N4O3/c1-20(2)14(21)8-15(20)22-9-11-4-3-5-12-10-24(19(27)17(11)12)13-6-7-16(25)23-18(13)26/h3-5,13-15,22H,6-10,21H2,1-2H3,(H,23,25,26). The Kier molecular flexibility index (Phi) is 4.31. The molecule has 7 nitrogen and oxygen atoms in total. The van der Waals surface area contributed by atoms with Crippen LogP contribution in [0.2, 0.25) is 0 Å². The number of piperidine rings is 1. The predicted molar refractivity (Wildman–Crippen MR) is 99.5 cm³/mol. The van der Waals surface area contributed by atoms with Crippen molar-refractivity contribution < 1.29 is 14.4 Å². The van der Waals surface area contributed by atoms with Crippen LogP contribution in [-0.2, 0) is 22.7 Å². The number of benzene rings is 1. The Morgan fingerprint density at radius 1 is 1.30 bits per heavy atom. The van der Waals surface area contributed by atoms with Gasteiger partial charge < -0.3 is 16.0 Å². The van der Waals surface area contributed by atoms with Gasteiger partial charge in [-0.1, -0.05) is 32.0 Å². The highest BCUT2D eigenvalue weighted by molar-refractivity contribution is 6.05. The number of carbonyl (C=O) groups is 3. The monoisotopic (exact) mass is 370 g/mol. The molecule has 0 radical (unpaired) electrons. The number of carbonyl (C=O) groups excluding carboxylic acids is 3. The van der Waals surface area contributed by atoms with Crippen molar-refractivity contribution in [2.24, 2.45) is 11.1 Å². The Balaban J connectivity index is 1.50. The maximum atomic E-state index is 13.1. The maximum Gasteiger partial charge on any atom is 0.255 e.